The molecule has 0 radical (unpaired) electrons. The summed E-state index contributed by atoms with van der Waals surface area (Å²) in [5.74, 6) is 10.2. The molecule has 0 unspecified atom stereocenters. The number of allylic oxidation sites excluding steroid dienone is 3. The average Bonchev–Trinajstić information content (AvgIpc) is 2.69. The van der Waals surface area contributed by atoms with Crippen LogP contribution in [0, 0.1) is 23.7 Å². The lowest BCUT2D eigenvalue weighted by Gasteiger charge is -2.40. The van der Waals surface area contributed by atoms with Gasteiger partial charge in [-0.25, -0.2) is 0 Å². The van der Waals surface area contributed by atoms with Crippen molar-refractivity contribution in [2.24, 2.45) is 0 Å². The van der Waals surface area contributed by atoms with Crippen molar-refractivity contribution in [1.82, 2.24) is 0 Å². The van der Waals surface area contributed by atoms with Gasteiger partial charge < -0.3 is 40.1 Å². The molecule has 0 aromatic heterocycles. The predicted octanol–water partition coefficient (Wildman–Crippen LogP) is -1.56. The van der Waals surface area contributed by atoms with Crippen LogP contribution in [0.1, 0.15) is 19.8 Å². The lowest BCUT2D eigenvalue weighted by atomic mass is 9.99. The van der Waals surface area contributed by atoms with E-state index in [1.54, 1.807) is 25.2 Å². The van der Waals surface area contributed by atoms with E-state index < -0.39 is 49.5 Å². The van der Waals surface area contributed by atoms with Crippen LogP contribution in [-0.4, -0.2) is 86.8 Å². The number of unbranched alkanes of at least 4 members (excludes halogenated alkanes) is 1. The summed E-state index contributed by atoms with van der Waals surface area (Å²) in [6, 6.07) is 0. The van der Waals surface area contributed by atoms with Gasteiger partial charge in [0.15, 0.2) is 6.29 Å². The van der Waals surface area contributed by atoms with E-state index in [-0.39, 0.29) is 6.61 Å². The maximum Gasteiger partial charge on any atom is 0.187 e. The molecule has 0 bridgehead atoms. The van der Waals surface area contributed by atoms with Gasteiger partial charge in [0.25, 0.3) is 0 Å². The summed E-state index contributed by atoms with van der Waals surface area (Å²) in [5, 5.41) is 58.2. The van der Waals surface area contributed by atoms with Crippen LogP contribution in [-0.2, 0) is 9.47 Å². The molecule has 0 saturated carbocycles. The zero-order valence-electron chi connectivity index (χ0n) is 15.7. The molecule has 1 heterocycles. The fraction of sp³-hybridized carbons (Fsp3) is 0.600. The van der Waals surface area contributed by atoms with E-state index >= 15 is 0 Å². The highest BCUT2D eigenvalue weighted by molar-refractivity contribution is 5.32. The summed E-state index contributed by atoms with van der Waals surface area (Å²) in [5.41, 5.74) is 0. The van der Waals surface area contributed by atoms with E-state index in [0.717, 1.165) is 0 Å². The number of hydrogen-bond donors (Lipinski definition) is 6. The van der Waals surface area contributed by atoms with Crippen LogP contribution in [0.3, 0.4) is 0 Å². The second-order valence-electron chi connectivity index (χ2n) is 6.08. The summed E-state index contributed by atoms with van der Waals surface area (Å²) in [4.78, 5) is 0. The SMILES string of the molecule is C/C=C/C#CC#C[C@H](O)[C@@H](/C=C/CCCO)O[C@@H]1O[C@H](CO)[C@@H](O)[C@H](O)[C@H]1O. The quantitative estimate of drug-likeness (QED) is 0.165. The maximum absolute atomic E-state index is 10.3. The molecule has 1 aliphatic heterocycles. The highest BCUT2D eigenvalue weighted by atomic mass is 16.7. The molecule has 8 nitrogen and oxygen atoms in total. The van der Waals surface area contributed by atoms with E-state index in [4.69, 9.17) is 14.6 Å². The largest absolute Gasteiger partial charge is 0.396 e. The van der Waals surface area contributed by atoms with Gasteiger partial charge in [-0.1, -0.05) is 30.1 Å². The second kappa shape index (κ2) is 13.5. The van der Waals surface area contributed by atoms with Crippen molar-refractivity contribution in [1.29, 1.82) is 0 Å². The summed E-state index contributed by atoms with van der Waals surface area (Å²) in [7, 11) is 0. The predicted molar refractivity (Wildman–Crippen MR) is 100 cm³/mol. The molecular formula is C20H28O8. The maximum atomic E-state index is 10.3. The highest BCUT2D eigenvalue weighted by Gasteiger charge is 2.45. The average molecular weight is 396 g/mol. The molecule has 1 saturated heterocycles. The van der Waals surface area contributed by atoms with Gasteiger partial charge in [-0.2, -0.15) is 0 Å². The minimum Gasteiger partial charge on any atom is -0.396 e. The van der Waals surface area contributed by atoms with Crippen molar-refractivity contribution in [2.45, 2.75) is 62.7 Å². The third-order valence-electron chi connectivity index (χ3n) is 3.91. The van der Waals surface area contributed by atoms with Gasteiger partial charge in [0.2, 0.25) is 0 Å². The van der Waals surface area contributed by atoms with E-state index in [9.17, 15) is 25.5 Å². The Morgan fingerprint density at radius 1 is 1.11 bits per heavy atom. The first kappa shape index (κ1) is 24.3. The van der Waals surface area contributed by atoms with Crippen LogP contribution in [0.2, 0.25) is 0 Å². The Labute approximate surface area is 164 Å². The molecule has 7 atom stereocenters. The molecule has 156 valence electrons. The zero-order valence-corrected chi connectivity index (χ0v) is 15.7. The first-order valence-corrected chi connectivity index (χ1v) is 9.00. The van der Waals surface area contributed by atoms with Crippen molar-refractivity contribution >= 4 is 0 Å². The standard InChI is InChI=1S/C20H28O8/c1-2-3-4-5-7-10-14(23)15(11-8-6-9-12-21)27-20-19(26)18(25)17(24)16(13-22)28-20/h2-3,8,11,14-26H,6,9,12-13H2,1H3/b3-2+,11-8+/t14-,15+,16+,17+,18-,19+,20+/m0/s1. The van der Waals surface area contributed by atoms with E-state index in [0.29, 0.717) is 12.8 Å². The third-order valence-corrected chi connectivity index (χ3v) is 3.91. The molecule has 0 amide bonds. The van der Waals surface area contributed by atoms with Crippen molar-refractivity contribution in [2.75, 3.05) is 13.2 Å². The van der Waals surface area contributed by atoms with E-state index in [2.05, 4.69) is 23.7 Å². The van der Waals surface area contributed by atoms with Gasteiger partial charge in [-0.05, 0) is 37.7 Å². The van der Waals surface area contributed by atoms with Crippen molar-refractivity contribution in [3.8, 4) is 23.7 Å². The van der Waals surface area contributed by atoms with Crippen LogP contribution < -0.4 is 0 Å². The Morgan fingerprint density at radius 2 is 1.86 bits per heavy atom. The Morgan fingerprint density at radius 3 is 2.50 bits per heavy atom. The monoisotopic (exact) mass is 396 g/mol. The summed E-state index contributed by atoms with van der Waals surface area (Å²) in [6.07, 6.45) is -2.07. The third kappa shape index (κ3) is 7.72. The number of hydrogen-bond acceptors (Lipinski definition) is 8. The first-order chi connectivity index (χ1) is 13.5. The molecule has 8 heteroatoms. The Balaban J connectivity index is 2.92. The van der Waals surface area contributed by atoms with Gasteiger partial charge in [0.1, 0.15) is 36.6 Å². The zero-order chi connectivity index (χ0) is 20.9. The number of aliphatic hydroxyl groups is 6. The van der Waals surface area contributed by atoms with Crippen LogP contribution >= 0.6 is 0 Å². The molecule has 1 fully saturated rings. The topological polar surface area (TPSA) is 140 Å². The van der Waals surface area contributed by atoms with Crippen LogP contribution in [0.15, 0.2) is 24.3 Å². The summed E-state index contributed by atoms with van der Waals surface area (Å²) in [6.45, 7) is 1.22. The highest BCUT2D eigenvalue weighted by Crippen LogP contribution is 2.23. The number of rotatable bonds is 8. The van der Waals surface area contributed by atoms with Crippen molar-refractivity contribution < 1.29 is 40.1 Å². The molecule has 0 spiro atoms. The molecular weight excluding hydrogens is 368 g/mol. The molecule has 0 aliphatic carbocycles. The second-order valence-corrected chi connectivity index (χ2v) is 6.08. The normalized spacial score (nSPS) is 29.8. The number of ether oxygens (including phenoxy) is 2. The lowest BCUT2D eigenvalue weighted by Crippen LogP contribution is -2.60. The molecule has 0 aromatic carbocycles. The van der Waals surface area contributed by atoms with Gasteiger partial charge in [-0.15, -0.1) is 0 Å². The molecule has 0 aromatic rings. The minimum atomic E-state index is -1.60. The molecule has 6 N–H and O–H groups in total. The Bertz CT molecular complexity index is 622. The van der Waals surface area contributed by atoms with Gasteiger partial charge in [0, 0.05) is 6.61 Å². The minimum absolute atomic E-state index is 0.00543. The molecule has 28 heavy (non-hydrogen) atoms. The summed E-state index contributed by atoms with van der Waals surface area (Å²) < 4.78 is 10.9. The Hall–Kier alpha value is -1.72. The van der Waals surface area contributed by atoms with Crippen LogP contribution in [0.4, 0.5) is 0 Å². The number of aliphatic hydroxyl groups excluding tert-OH is 6. The molecule has 1 aliphatic rings. The van der Waals surface area contributed by atoms with Crippen molar-refractivity contribution in [3.63, 3.8) is 0 Å². The van der Waals surface area contributed by atoms with Crippen molar-refractivity contribution in [3.05, 3.63) is 24.3 Å². The Kier molecular flexibility index (Phi) is 11.7. The lowest BCUT2D eigenvalue weighted by molar-refractivity contribution is -0.311. The van der Waals surface area contributed by atoms with Gasteiger partial charge in [-0.3, -0.25) is 0 Å². The molecule has 1 rings (SSSR count). The van der Waals surface area contributed by atoms with Crippen LogP contribution in [0.5, 0.6) is 0 Å². The van der Waals surface area contributed by atoms with E-state index in [1.807, 2.05) is 0 Å². The smallest absolute Gasteiger partial charge is 0.187 e. The summed E-state index contributed by atoms with van der Waals surface area (Å²) >= 11 is 0. The fourth-order valence-corrected chi connectivity index (χ4v) is 2.35. The van der Waals surface area contributed by atoms with Gasteiger partial charge in [0.05, 0.1) is 6.61 Å². The van der Waals surface area contributed by atoms with Crippen LogP contribution in [0.25, 0.3) is 0 Å². The fourth-order valence-electron chi connectivity index (χ4n) is 2.35. The van der Waals surface area contributed by atoms with E-state index in [1.165, 1.54) is 6.08 Å². The van der Waals surface area contributed by atoms with Gasteiger partial charge >= 0.3 is 0 Å². The first-order valence-electron chi connectivity index (χ1n) is 9.00.